The zero-order chi connectivity index (χ0) is 27.0. The minimum absolute atomic E-state index is 0.142. The smallest absolute Gasteiger partial charge is 0.416 e. The van der Waals surface area contributed by atoms with E-state index in [1.807, 2.05) is 36.4 Å². The van der Waals surface area contributed by atoms with Crippen molar-refractivity contribution in [2.24, 2.45) is 0 Å². The number of aryl methyl sites for hydroxylation is 2. The number of unbranched alkanes of at least 4 members (excludes halogenated alkanes) is 5. The number of carbonyl (C=O) groups excluding carboxylic acids is 1. The molecule has 0 aliphatic carbocycles. The predicted octanol–water partition coefficient (Wildman–Crippen LogP) is 7.89. The van der Waals surface area contributed by atoms with E-state index in [2.05, 4.69) is 12.1 Å². The van der Waals surface area contributed by atoms with Gasteiger partial charge in [0.2, 0.25) is 0 Å². The van der Waals surface area contributed by atoms with Crippen LogP contribution in [0.2, 0.25) is 0 Å². The second-order valence-electron chi connectivity index (χ2n) is 9.59. The summed E-state index contributed by atoms with van der Waals surface area (Å²) in [5, 5.41) is 0. The van der Waals surface area contributed by atoms with Gasteiger partial charge in [0.15, 0.2) is 6.10 Å². The Labute approximate surface area is 221 Å². The highest BCUT2D eigenvalue weighted by molar-refractivity contribution is 5.80. The van der Waals surface area contributed by atoms with Crippen LogP contribution in [0.5, 0.6) is 11.5 Å². The van der Waals surface area contributed by atoms with Crippen LogP contribution < -0.4 is 9.47 Å². The molecule has 1 heterocycles. The van der Waals surface area contributed by atoms with Crippen molar-refractivity contribution in [2.45, 2.75) is 69.8 Å². The maximum absolute atomic E-state index is 12.9. The van der Waals surface area contributed by atoms with Crippen LogP contribution in [0.3, 0.4) is 0 Å². The molecule has 1 aliphatic rings. The van der Waals surface area contributed by atoms with Crippen LogP contribution in [0, 0.1) is 0 Å². The van der Waals surface area contributed by atoms with Crippen LogP contribution in [-0.4, -0.2) is 19.2 Å². The molecular weight excluding hydrogens is 493 g/mol. The first kappa shape index (κ1) is 27.7. The minimum atomic E-state index is -4.50. The van der Waals surface area contributed by atoms with Gasteiger partial charge in [0, 0.05) is 0 Å². The average molecular weight is 527 g/mol. The van der Waals surface area contributed by atoms with Gasteiger partial charge in [-0.3, -0.25) is 0 Å². The van der Waals surface area contributed by atoms with Gasteiger partial charge in [-0.1, -0.05) is 68.1 Å². The van der Waals surface area contributed by atoms with E-state index in [1.165, 1.54) is 43.4 Å². The van der Waals surface area contributed by atoms with E-state index in [1.54, 1.807) is 7.11 Å². The van der Waals surface area contributed by atoms with Crippen molar-refractivity contribution in [3.63, 3.8) is 0 Å². The molecule has 2 atom stereocenters. The molecule has 4 rings (SSSR count). The fraction of sp³-hybridized carbons (Fsp3) is 0.387. The summed E-state index contributed by atoms with van der Waals surface area (Å²) in [6, 6.07) is 20.4. The number of alkyl halides is 3. The van der Waals surface area contributed by atoms with Crippen LogP contribution in [0.25, 0.3) is 0 Å². The number of halogens is 3. The van der Waals surface area contributed by atoms with Gasteiger partial charge in [0.25, 0.3) is 0 Å². The summed E-state index contributed by atoms with van der Waals surface area (Å²) >= 11 is 0. The van der Waals surface area contributed by atoms with E-state index in [9.17, 15) is 18.0 Å². The number of esters is 1. The maximum atomic E-state index is 12.9. The molecule has 0 amide bonds. The standard InChI is InChI=1S/C31H33F3O4/c1-36-25-19-17-22(18-20-25)11-6-4-2-3-5-7-12-23-13-8-9-16-27(23)28-29(38-28)30(35)37-26-15-10-14-24(21-26)31(32,33)34/h8-10,13-21,28-29H,2-7,11-12H2,1H3/t28-,29+/m0/s1. The Kier molecular flexibility index (Phi) is 9.45. The number of carbonyl (C=O) groups is 1. The third kappa shape index (κ3) is 7.84. The van der Waals surface area contributed by atoms with E-state index in [-0.39, 0.29) is 5.75 Å². The Morgan fingerprint density at radius 3 is 2.21 bits per heavy atom. The largest absolute Gasteiger partial charge is 0.497 e. The van der Waals surface area contributed by atoms with Crippen molar-refractivity contribution in [1.29, 1.82) is 0 Å². The molecule has 1 aliphatic heterocycles. The minimum Gasteiger partial charge on any atom is -0.497 e. The van der Waals surface area contributed by atoms with E-state index in [0.29, 0.717) is 0 Å². The highest BCUT2D eigenvalue weighted by Crippen LogP contribution is 2.42. The Bertz CT molecular complexity index is 1190. The van der Waals surface area contributed by atoms with Gasteiger partial charge >= 0.3 is 12.1 Å². The SMILES string of the molecule is COc1ccc(CCCCCCCCc2ccccc2[C@@H]2O[C@H]2C(=O)Oc2cccc(C(F)(F)F)c2)cc1. The number of rotatable bonds is 13. The van der Waals surface area contributed by atoms with Gasteiger partial charge in [-0.25, -0.2) is 4.79 Å². The quantitative estimate of drug-likeness (QED) is 0.0984. The lowest BCUT2D eigenvalue weighted by molar-refractivity contribution is -0.139. The van der Waals surface area contributed by atoms with E-state index >= 15 is 0 Å². The van der Waals surface area contributed by atoms with Crippen molar-refractivity contribution < 1.29 is 32.2 Å². The molecule has 0 radical (unpaired) electrons. The topological polar surface area (TPSA) is 48.1 Å². The number of hydrogen-bond acceptors (Lipinski definition) is 4. The van der Waals surface area contributed by atoms with Crippen LogP contribution in [0.15, 0.2) is 72.8 Å². The molecule has 202 valence electrons. The summed E-state index contributed by atoms with van der Waals surface area (Å²) in [4.78, 5) is 12.5. The van der Waals surface area contributed by atoms with Crippen molar-refractivity contribution in [3.05, 3.63) is 95.1 Å². The van der Waals surface area contributed by atoms with Gasteiger partial charge in [0.1, 0.15) is 17.6 Å². The predicted molar refractivity (Wildman–Crippen MR) is 139 cm³/mol. The molecule has 3 aromatic carbocycles. The first-order valence-electron chi connectivity index (χ1n) is 13.1. The molecule has 38 heavy (non-hydrogen) atoms. The number of epoxide rings is 1. The summed E-state index contributed by atoms with van der Waals surface area (Å²) in [5.74, 6) is 0.0595. The molecule has 0 unspecified atom stereocenters. The Morgan fingerprint density at radius 1 is 0.816 bits per heavy atom. The van der Waals surface area contributed by atoms with Gasteiger partial charge in [-0.05, 0) is 72.7 Å². The van der Waals surface area contributed by atoms with E-state index in [4.69, 9.17) is 14.2 Å². The van der Waals surface area contributed by atoms with Gasteiger partial charge in [0.05, 0.1) is 12.7 Å². The molecule has 0 aromatic heterocycles. The van der Waals surface area contributed by atoms with E-state index < -0.39 is 29.9 Å². The molecule has 7 heteroatoms. The van der Waals surface area contributed by atoms with Crippen LogP contribution in [0.1, 0.15) is 66.9 Å². The molecular formula is C31H33F3O4. The molecule has 1 fully saturated rings. The lowest BCUT2D eigenvalue weighted by atomic mass is 9.97. The van der Waals surface area contributed by atoms with Crippen molar-refractivity contribution in [2.75, 3.05) is 7.11 Å². The zero-order valence-electron chi connectivity index (χ0n) is 21.5. The second-order valence-corrected chi connectivity index (χ2v) is 9.59. The molecule has 0 N–H and O–H groups in total. The molecule has 3 aromatic rings. The van der Waals surface area contributed by atoms with Crippen molar-refractivity contribution >= 4 is 5.97 Å². The lowest BCUT2D eigenvalue weighted by Gasteiger charge is -2.09. The zero-order valence-corrected chi connectivity index (χ0v) is 21.5. The first-order chi connectivity index (χ1) is 18.3. The molecule has 4 nitrogen and oxygen atoms in total. The molecule has 0 bridgehead atoms. The fourth-order valence-electron chi connectivity index (χ4n) is 4.62. The average Bonchev–Trinajstić information content (AvgIpc) is 3.71. The van der Waals surface area contributed by atoms with Gasteiger partial charge in [-0.15, -0.1) is 0 Å². The third-order valence-corrected chi connectivity index (χ3v) is 6.79. The molecule has 0 saturated carbocycles. The third-order valence-electron chi connectivity index (χ3n) is 6.79. The molecule has 1 saturated heterocycles. The van der Waals surface area contributed by atoms with Crippen LogP contribution in [-0.2, 0) is 28.5 Å². The van der Waals surface area contributed by atoms with Crippen molar-refractivity contribution in [1.82, 2.24) is 0 Å². The number of methoxy groups -OCH3 is 1. The summed E-state index contributed by atoms with van der Waals surface area (Å²) in [5.41, 5.74) is 2.55. The normalized spacial score (nSPS) is 16.7. The number of benzene rings is 3. The highest BCUT2D eigenvalue weighted by Gasteiger charge is 2.48. The second kappa shape index (κ2) is 13.0. The van der Waals surface area contributed by atoms with E-state index in [0.717, 1.165) is 54.7 Å². The fourth-order valence-corrected chi connectivity index (χ4v) is 4.62. The first-order valence-corrected chi connectivity index (χ1v) is 13.1. The van der Waals surface area contributed by atoms with Crippen LogP contribution >= 0.6 is 0 Å². The van der Waals surface area contributed by atoms with Gasteiger partial charge < -0.3 is 14.2 Å². The maximum Gasteiger partial charge on any atom is 0.416 e. The molecule has 0 spiro atoms. The summed E-state index contributed by atoms with van der Waals surface area (Å²) in [6.45, 7) is 0. The van der Waals surface area contributed by atoms with Gasteiger partial charge in [-0.2, -0.15) is 13.2 Å². The Balaban J connectivity index is 1.17. The monoisotopic (exact) mass is 526 g/mol. The summed E-state index contributed by atoms with van der Waals surface area (Å²) in [6.07, 6.45) is 3.15. The number of ether oxygens (including phenoxy) is 3. The summed E-state index contributed by atoms with van der Waals surface area (Å²) in [7, 11) is 1.67. The Hall–Kier alpha value is -3.32. The summed E-state index contributed by atoms with van der Waals surface area (Å²) < 4.78 is 54.7. The van der Waals surface area contributed by atoms with Crippen LogP contribution in [0.4, 0.5) is 13.2 Å². The van der Waals surface area contributed by atoms with Crippen molar-refractivity contribution in [3.8, 4) is 11.5 Å². The highest BCUT2D eigenvalue weighted by atomic mass is 19.4. The lowest BCUT2D eigenvalue weighted by Crippen LogP contribution is -2.16. The Morgan fingerprint density at radius 2 is 1.50 bits per heavy atom. The number of hydrogen-bond donors (Lipinski definition) is 0.